The highest BCUT2D eigenvalue weighted by molar-refractivity contribution is 8.00. The second-order valence-electron chi connectivity index (χ2n) is 7.75. The van der Waals surface area contributed by atoms with Crippen LogP contribution in [0.15, 0.2) is 88.9 Å². The molecule has 3 rings (SSSR count). The first-order valence-electron chi connectivity index (χ1n) is 11.1. The minimum absolute atomic E-state index is 0.0468. The Balaban J connectivity index is 1.36. The first-order valence-corrected chi connectivity index (χ1v) is 12.0. The molecule has 2 N–H and O–H groups in total. The van der Waals surface area contributed by atoms with E-state index < -0.39 is 0 Å². The quantitative estimate of drug-likeness (QED) is 0.245. The van der Waals surface area contributed by atoms with Crippen molar-refractivity contribution in [2.75, 3.05) is 13.2 Å². The molecule has 0 aliphatic rings. The van der Waals surface area contributed by atoms with E-state index in [4.69, 9.17) is 4.74 Å². The number of amides is 2. The van der Waals surface area contributed by atoms with E-state index in [9.17, 15) is 9.59 Å². The number of nitrogens with zero attached hydrogens (tertiary/aromatic N) is 1. The second-order valence-corrected chi connectivity index (χ2v) is 9.16. The average Bonchev–Trinajstić information content (AvgIpc) is 2.85. The van der Waals surface area contributed by atoms with Gasteiger partial charge in [0.25, 0.3) is 11.8 Å². The summed E-state index contributed by atoms with van der Waals surface area (Å²) < 4.78 is 5.53. The van der Waals surface area contributed by atoms with Crippen LogP contribution >= 0.6 is 11.8 Å². The molecule has 6 nitrogen and oxygen atoms in total. The fraction of sp³-hybridized carbons (Fsp3) is 0.222. The van der Waals surface area contributed by atoms with Crippen molar-refractivity contribution >= 4 is 29.8 Å². The molecular weight excluding hydrogens is 446 g/mol. The molecule has 2 amide bonds. The molecule has 1 atom stereocenters. The SMILES string of the molecule is Cc1ccc(S[C@@H](C)C(=O)N/N=C\c2ccc(OCC(=O)NCCc3ccccc3)cc2)cc1. The highest BCUT2D eigenvalue weighted by atomic mass is 32.2. The van der Waals surface area contributed by atoms with Crippen LogP contribution in [0.25, 0.3) is 0 Å². The number of carbonyl (C=O) groups is 2. The van der Waals surface area contributed by atoms with Gasteiger partial charge in [-0.05, 0) is 67.8 Å². The van der Waals surface area contributed by atoms with Gasteiger partial charge in [0, 0.05) is 11.4 Å². The molecule has 0 spiro atoms. The molecule has 0 aromatic heterocycles. The van der Waals surface area contributed by atoms with Crippen molar-refractivity contribution in [3.05, 3.63) is 95.6 Å². The molecule has 0 fully saturated rings. The lowest BCUT2D eigenvalue weighted by atomic mass is 10.1. The Morgan fingerprint density at radius 1 is 1.00 bits per heavy atom. The van der Waals surface area contributed by atoms with Gasteiger partial charge in [0.2, 0.25) is 0 Å². The van der Waals surface area contributed by atoms with Crippen molar-refractivity contribution in [1.29, 1.82) is 0 Å². The van der Waals surface area contributed by atoms with Gasteiger partial charge in [-0.15, -0.1) is 11.8 Å². The van der Waals surface area contributed by atoms with Crippen LogP contribution in [0.3, 0.4) is 0 Å². The Morgan fingerprint density at radius 3 is 2.41 bits per heavy atom. The Labute approximate surface area is 204 Å². The summed E-state index contributed by atoms with van der Waals surface area (Å²) in [4.78, 5) is 25.3. The number of hydrazone groups is 1. The van der Waals surface area contributed by atoms with Crippen molar-refractivity contribution in [1.82, 2.24) is 10.7 Å². The third kappa shape index (κ3) is 8.75. The van der Waals surface area contributed by atoms with Gasteiger partial charge in [0.1, 0.15) is 5.75 Å². The molecule has 0 saturated carbocycles. The number of benzene rings is 3. The van der Waals surface area contributed by atoms with Crippen LogP contribution in [0.2, 0.25) is 0 Å². The molecule has 3 aromatic rings. The number of carbonyl (C=O) groups excluding carboxylic acids is 2. The Kier molecular flexibility index (Phi) is 9.73. The predicted octanol–water partition coefficient (Wildman–Crippen LogP) is 4.36. The normalized spacial score (nSPS) is 11.7. The fourth-order valence-electron chi connectivity index (χ4n) is 2.98. The summed E-state index contributed by atoms with van der Waals surface area (Å²) in [6.45, 7) is 4.40. The molecule has 0 unspecified atom stereocenters. The van der Waals surface area contributed by atoms with Crippen LogP contribution in [0, 0.1) is 6.92 Å². The highest BCUT2D eigenvalue weighted by Gasteiger charge is 2.13. The molecular formula is C27H29N3O3S. The summed E-state index contributed by atoms with van der Waals surface area (Å²) in [5.74, 6) is 0.254. The summed E-state index contributed by atoms with van der Waals surface area (Å²) in [5.41, 5.74) is 5.74. The number of ether oxygens (including phenoxy) is 1. The van der Waals surface area contributed by atoms with Crippen LogP contribution in [-0.4, -0.2) is 36.4 Å². The molecule has 0 heterocycles. The van der Waals surface area contributed by atoms with E-state index in [-0.39, 0.29) is 23.7 Å². The van der Waals surface area contributed by atoms with Crippen molar-refractivity contribution in [2.45, 2.75) is 30.4 Å². The van der Waals surface area contributed by atoms with Crippen LogP contribution < -0.4 is 15.5 Å². The second kappa shape index (κ2) is 13.2. The van der Waals surface area contributed by atoms with Gasteiger partial charge < -0.3 is 10.1 Å². The van der Waals surface area contributed by atoms with E-state index >= 15 is 0 Å². The first-order chi connectivity index (χ1) is 16.5. The van der Waals surface area contributed by atoms with E-state index in [1.807, 2.05) is 80.6 Å². The molecule has 7 heteroatoms. The maximum atomic E-state index is 12.3. The van der Waals surface area contributed by atoms with E-state index in [0.29, 0.717) is 12.3 Å². The molecule has 0 radical (unpaired) electrons. The van der Waals surface area contributed by atoms with Gasteiger partial charge in [0.15, 0.2) is 6.61 Å². The third-order valence-electron chi connectivity index (χ3n) is 4.92. The summed E-state index contributed by atoms with van der Waals surface area (Å²) in [6.07, 6.45) is 2.35. The zero-order valence-corrected chi connectivity index (χ0v) is 20.2. The number of thioether (sulfide) groups is 1. The lowest BCUT2D eigenvalue weighted by Gasteiger charge is -2.09. The highest BCUT2D eigenvalue weighted by Crippen LogP contribution is 2.23. The van der Waals surface area contributed by atoms with Gasteiger partial charge >= 0.3 is 0 Å². The number of hydrogen-bond donors (Lipinski definition) is 2. The van der Waals surface area contributed by atoms with Crippen molar-refractivity contribution in [3.63, 3.8) is 0 Å². The van der Waals surface area contributed by atoms with Gasteiger partial charge in [-0.25, -0.2) is 5.43 Å². The van der Waals surface area contributed by atoms with Crippen LogP contribution in [0.1, 0.15) is 23.6 Å². The van der Waals surface area contributed by atoms with Crippen LogP contribution in [0.4, 0.5) is 0 Å². The lowest BCUT2D eigenvalue weighted by molar-refractivity contribution is -0.123. The predicted molar refractivity (Wildman–Crippen MR) is 137 cm³/mol. The van der Waals surface area contributed by atoms with Crippen molar-refractivity contribution < 1.29 is 14.3 Å². The number of hydrogen-bond acceptors (Lipinski definition) is 5. The summed E-state index contributed by atoms with van der Waals surface area (Å²) in [6, 6.07) is 25.2. The fourth-order valence-corrected chi connectivity index (χ4v) is 3.84. The molecule has 176 valence electrons. The van der Waals surface area contributed by atoms with Gasteiger partial charge in [0.05, 0.1) is 11.5 Å². The minimum atomic E-state index is -0.269. The lowest BCUT2D eigenvalue weighted by Crippen LogP contribution is -2.30. The van der Waals surface area contributed by atoms with E-state index in [0.717, 1.165) is 16.9 Å². The monoisotopic (exact) mass is 475 g/mol. The zero-order chi connectivity index (χ0) is 24.2. The molecule has 0 aliphatic carbocycles. The van der Waals surface area contributed by atoms with Gasteiger partial charge in [-0.1, -0.05) is 48.0 Å². The topological polar surface area (TPSA) is 79.8 Å². The number of rotatable bonds is 11. The largest absolute Gasteiger partial charge is 0.484 e. The summed E-state index contributed by atoms with van der Waals surface area (Å²) in [7, 11) is 0. The van der Waals surface area contributed by atoms with E-state index in [1.54, 1.807) is 18.3 Å². The molecule has 34 heavy (non-hydrogen) atoms. The van der Waals surface area contributed by atoms with Crippen LogP contribution in [0.5, 0.6) is 5.75 Å². The van der Waals surface area contributed by atoms with Crippen molar-refractivity contribution in [3.8, 4) is 5.75 Å². The van der Waals surface area contributed by atoms with Crippen LogP contribution in [-0.2, 0) is 16.0 Å². The summed E-state index contributed by atoms with van der Waals surface area (Å²) in [5, 5.41) is 6.62. The van der Waals surface area contributed by atoms with E-state index in [2.05, 4.69) is 15.8 Å². The van der Waals surface area contributed by atoms with Gasteiger partial charge in [-0.2, -0.15) is 5.10 Å². The maximum absolute atomic E-state index is 12.3. The number of nitrogens with one attached hydrogen (secondary N) is 2. The Hall–Kier alpha value is -3.58. The van der Waals surface area contributed by atoms with E-state index in [1.165, 1.54) is 22.9 Å². The van der Waals surface area contributed by atoms with Gasteiger partial charge in [-0.3, -0.25) is 9.59 Å². The standard InChI is InChI=1S/C27H29N3O3S/c1-20-8-14-25(15-9-20)34-21(2)27(32)30-29-18-23-10-12-24(13-11-23)33-19-26(31)28-17-16-22-6-4-3-5-7-22/h3-15,18,21H,16-17,19H2,1-2H3,(H,28,31)(H,30,32)/b29-18-/t21-/m0/s1. The zero-order valence-electron chi connectivity index (χ0n) is 19.4. The summed E-state index contributed by atoms with van der Waals surface area (Å²) >= 11 is 1.48. The minimum Gasteiger partial charge on any atom is -0.484 e. The first kappa shape index (κ1) is 25.1. The molecule has 3 aromatic carbocycles. The Bertz CT molecular complexity index is 1080. The average molecular weight is 476 g/mol. The molecule has 0 bridgehead atoms. The smallest absolute Gasteiger partial charge is 0.257 e. The Morgan fingerprint density at radius 2 is 1.71 bits per heavy atom. The molecule has 0 saturated heterocycles. The number of aryl methyl sites for hydroxylation is 1. The van der Waals surface area contributed by atoms with Crippen molar-refractivity contribution in [2.24, 2.45) is 5.10 Å². The maximum Gasteiger partial charge on any atom is 0.257 e. The molecule has 0 aliphatic heterocycles. The third-order valence-corrected chi connectivity index (χ3v) is 6.03.